The fourth-order valence-electron chi connectivity index (χ4n) is 1.63. The number of hydrogen-bond donors (Lipinski definition) is 0. The molecule has 0 radical (unpaired) electrons. The number of carbonyl (C=O) groups excluding carboxylic acids is 1. The van der Waals surface area contributed by atoms with Gasteiger partial charge in [0, 0.05) is 17.5 Å². The molecule has 0 N–H and O–H groups in total. The highest BCUT2D eigenvalue weighted by Gasteiger charge is 2.13. The average Bonchev–Trinajstić information content (AvgIpc) is 2.47. The molecule has 5 nitrogen and oxygen atoms in total. The highest BCUT2D eigenvalue weighted by atomic mass is 79.9. The van der Waals surface area contributed by atoms with Crippen LogP contribution in [-0.2, 0) is 5.33 Å². The molecule has 0 aliphatic carbocycles. The number of nitro benzene ring substituents is 1. The summed E-state index contributed by atoms with van der Waals surface area (Å²) < 4.78 is 5.20. The number of esters is 1. The van der Waals surface area contributed by atoms with Crippen LogP contribution in [0.25, 0.3) is 0 Å². The summed E-state index contributed by atoms with van der Waals surface area (Å²) in [5.41, 5.74) is 1.23. The number of halogens is 1. The van der Waals surface area contributed by atoms with E-state index in [1.54, 1.807) is 12.1 Å². The van der Waals surface area contributed by atoms with Gasteiger partial charge in [-0.05, 0) is 23.8 Å². The highest BCUT2D eigenvalue weighted by Crippen LogP contribution is 2.20. The molecule has 20 heavy (non-hydrogen) atoms. The van der Waals surface area contributed by atoms with Crippen LogP contribution < -0.4 is 4.74 Å². The number of non-ortho nitro benzene ring substituents is 1. The fraction of sp³-hybridized carbons (Fsp3) is 0.0714. The minimum Gasteiger partial charge on any atom is -0.423 e. The maximum absolute atomic E-state index is 12.0. The normalized spacial score (nSPS) is 10.1. The molecule has 0 saturated carbocycles. The Morgan fingerprint density at radius 1 is 1.15 bits per heavy atom. The summed E-state index contributed by atoms with van der Waals surface area (Å²) in [6, 6.07) is 12.4. The molecule has 0 saturated heterocycles. The molecule has 0 unspecified atom stereocenters. The minimum absolute atomic E-state index is 0.0503. The van der Waals surface area contributed by atoms with Gasteiger partial charge >= 0.3 is 5.97 Å². The zero-order chi connectivity index (χ0) is 14.5. The molecule has 0 atom stereocenters. The number of ether oxygens (including phenoxy) is 1. The lowest BCUT2D eigenvalue weighted by molar-refractivity contribution is -0.384. The summed E-state index contributed by atoms with van der Waals surface area (Å²) in [5.74, 6) is -0.223. The van der Waals surface area contributed by atoms with Gasteiger partial charge in [-0.3, -0.25) is 10.1 Å². The van der Waals surface area contributed by atoms with E-state index in [9.17, 15) is 14.9 Å². The lowest BCUT2D eigenvalue weighted by atomic mass is 10.1. The van der Waals surface area contributed by atoms with Gasteiger partial charge in [0.05, 0.1) is 10.5 Å². The highest BCUT2D eigenvalue weighted by molar-refractivity contribution is 9.08. The van der Waals surface area contributed by atoms with Gasteiger partial charge in [0.2, 0.25) is 0 Å². The largest absolute Gasteiger partial charge is 0.423 e. The standard InChI is InChI=1S/C14H10BrNO4/c15-9-10-3-1-2-4-13(10)14(17)20-12-7-5-11(6-8-12)16(18)19/h1-8H,9H2. The van der Waals surface area contributed by atoms with Gasteiger partial charge in [0.1, 0.15) is 5.75 Å². The van der Waals surface area contributed by atoms with E-state index in [1.807, 2.05) is 12.1 Å². The first-order chi connectivity index (χ1) is 9.61. The Bertz CT molecular complexity index is 640. The quantitative estimate of drug-likeness (QED) is 0.281. The summed E-state index contributed by atoms with van der Waals surface area (Å²) in [6.07, 6.45) is 0. The van der Waals surface area contributed by atoms with E-state index in [1.165, 1.54) is 24.3 Å². The van der Waals surface area contributed by atoms with Gasteiger partial charge < -0.3 is 4.74 Å². The van der Waals surface area contributed by atoms with Crippen LogP contribution in [0.2, 0.25) is 0 Å². The number of rotatable bonds is 4. The van der Waals surface area contributed by atoms with Crippen molar-refractivity contribution in [2.45, 2.75) is 5.33 Å². The van der Waals surface area contributed by atoms with Crippen molar-refractivity contribution in [2.75, 3.05) is 0 Å². The maximum Gasteiger partial charge on any atom is 0.343 e. The molecule has 2 aromatic rings. The van der Waals surface area contributed by atoms with Gasteiger partial charge in [-0.25, -0.2) is 4.79 Å². The Balaban J connectivity index is 2.17. The van der Waals surface area contributed by atoms with Crippen LogP contribution in [0.15, 0.2) is 48.5 Å². The van der Waals surface area contributed by atoms with E-state index in [0.717, 1.165) is 5.56 Å². The van der Waals surface area contributed by atoms with Crippen molar-refractivity contribution < 1.29 is 14.5 Å². The second kappa shape index (κ2) is 6.29. The first-order valence-corrected chi connectivity index (χ1v) is 6.84. The zero-order valence-corrected chi connectivity index (χ0v) is 11.9. The number of nitrogens with zero attached hydrogens (tertiary/aromatic N) is 1. The molecule has 6 heteroatoms. The first kappa shape index (κ1) is 14.2. The number of hydrogen-bond acceptors (Lipinski definition) is 4. The van der Waals surface area contributed by atoms with Crippen molar-refractivity contribution in [3.05, 3.63) is 69.8 Å². The van der Waals surface area contributed by atoms with Crippen molar-refractivity contribution in [3.8, 4) is 5.75 Å². The summed E-state index contributed by atoms with van der Waals surface area (Å²) in [4.78, 5) is 22.1. The van der Waals surface area contributed by atoms with E-state index in [4.69, 9.17) is 4.74 Å². The van der Waals surface area contributed by atoms with E-state index in [-0.39, 0.29) is 11.4 Å². The van der Waals surface area contributed by atoms with Gasteiger partial charge in [0.15, 0.2) is 0 Å². The Hall–Kier alpha value is -2.21. The minimum atomic E-state index is -0.508. The molecule has 0 heterocycles. The summed E-state index contributed by atoms with van der Waals surface area (Å²) in [5, 5.41) is 11.1. The molecule has 0 aliphatic heterocycles. The number of alkyl halides is 1. The summed E-state index contributed by atoms with van der Waals surface area (Å²) in [7, 11) is 0. The SMILES string of the molecule is O=C(Oc1ccc([N+](=O)[O-])cc1)c1ccccc1CBr. The van der Waals surface area contributed by atoms with Gasteiger partial charge in [-0.1, -0.05) is 34.1 Å². The van der Waals surface area contributed by atoms with Crippen LogP contribution in [0.1, 0.15) is 15.9 Å². The zero-order valence-electron chi connectivity index (χ0n) is 10.3. The van der Waals surface area contributed by atoms with Crippen LogP contribution in [-0.4, -0.2) is 10.9 Å². The summed E-state index contributed by atoms with van der Waals surface area (Å²) >= 11 is 3.30. The third kappa shape index (κ3) is 3.21. The molecule has 0 fully saturated rings. The molecule has 0 aromatic heterocycles. The molecule has 0 aliphatic rings. The topological polar surface area (TPSA) is 69.4 Å². The van der Waals surface area contributed by atoms with E-state index in [0.29, 0.717) is 10.9 Å². The molecule has 0 spiro atoms. The Labute approximate surface area is 123 Å². The van der Waals surface area contributed by atoms with Crippen molar-refractivity contribution >= 4 is 27.6 Å². The number of benzene rings is 2. The first-order valence-electron chi connectivity index (χ1n) is 5.72. The van der Waals surface area contributed by atoms with Crippen LogP contribution in [0.3, 0.4) is 0 Å². The maximum atomic E-state index is 12.0. The molecular weight excluding hydrogens is 326 g/mol. The second-order valence-electron chi connectivity index (χ2n) is 3.93. The number of nitro groups is 1. The van der Waals surface area contributed by atoms with Crippen molar-refractivity contribution in [1.29, 1.82) is 0 Å². The van der Waals surface area contributed by atoms with Gasteiger partial charge in [0.25, 0.3) is 5.69 Å². The van der Waals surface area contributed by atoms with Gasteiger partial charge in [-0.15, -0.1) is 0 Å². The Morgan fingerprint density at radius 2 is 1.80 bits per heavy atom. The molecule has 102 valence electrons. The van der Waals surface area contributed by atoms with Crippen LogP contribution in [0, 0.1) is 10.1 Å². The van der Waals surface area contributed by atoms with Crippen LogP contribution in [0.5, 0.6) is 5.75 Å². The average molecular weight is 336 g/mol. The lowest BCUT2D eigenvalue weighted by Gasteiger charge is -2.07. The molecule has 0 amide bonds. The molecular formula is C14H10BrNO4. The van der Waals surface area contributed by atoms with Crippen LogP contribution in [0.4, 0.5) is 5.69 Å². The molecule has 2 aromatic carbocycles. The van der Waals surface area contributed by atoms with E-state index < -0.39 is 10.9 Å². The lowest BCUT2D eigenvalue weighted by Crippen LogP contribution is -2.10. The van der Waals surface area contributed by atoms with Crippen molar-refractivity contribution in [2.24, 2.45) is 0 Å². The predicted octanol–water partition coefficient (Wildman–Crippen LogP) is 3.71. The van der Waals surface area contributed by atoms with Crippen molar-refractivity contribution in [1.82, 2.24) is 0 Å². The Kier molecular flexibility index (Phi) is 4.47. The van der Waals surface area contributed by atoms with Gasteiger partial charge in [-0.2, -0.15) is 0 Å². The molecule has 2 rings (SSSR count). The third-order valence-corrected chi connectivity index (χ3v) is 3.24. The monoisotopic (exact) mass is 335 g/mol. The van der Waals surface area contributed by atoms with E-state index in [2.05, 4.69) is 15.9 Å². The van der Waals surface area contributed by atoms with Crippen molar-refractivity contribution in [3.63, 3.8) is 0 Å². The second-order valence-corrected chi connectivity index (χ2v) is 4.49. The predicted molar refractivity (Wildman–Crippen MR) is 77.1 cm³/mol. The van der Waals surface area contributed by atoms with Crippen LogP contribution >= 0.6 is 15.9 Å². The smallest absolute Gasteiger partial charge is 0.343 e. The van der Waals surface area contributed by atoms with E-state index >= 15 is 0 Å². The third-order valence-electron chi connectivity index (χ3n) is 2.64. The summed E-state index contributed by atoms with van der Waals surface area (Å²) in [6.45, 7) is 0. The Morgan fingerprint density at radius 3 is 2.40 bits per heavy atom. The molecule has 0 bridgehead atoms. The number of carbonyl (C=O) groups is 1. The fourth-order valence-corrected chi connectivity index (χ4v) is 2.12.